The number of hydrogen-bond donors (Lipinski definition) is 0. The second-order valence-corrected chi connectivity index (χ2v) is 11.3. The van der Waals surface area contributed by atoms with Gasteiger partial charge < -0.3 is 4.43 Å². The van der Waals surface area contributed by atoms with Gasteiger partial charge in [-0.1, -0.05) is 42.5 Å². The monoisotopic (exact) mass is 365 g/mol. The fraction of sp³-hybridized carbons (Fsp3) is 0.316. The zero-order chi connectivity index (χ0) is 18.5. The van der Waals surface area contributed by atoms with E-state index in [4.69, 9.17) is 4.43 Å². The highest BCUT2D eigenvalue weighted by molar-refractivity contribution is 6.69. The third kappa shape index (κ3) is 6.47. The lowest BCUT2D eigenvalue weighted by atomic mass is 10.1. The highest BCUT2D eigenvalue weighted by Gasteiger charge is 2.29. The van der Waals surface area contributed by atoms with Gasteiger partial charge in [0, 0.05) is 6.21 Å². The molecule has 0 N–H and O–H groups in total. The van der Waals surface area contributed by atoms with Gasteiger partial charge in [-0.25, -0.2) is 0 Å². The van der Waals surface area contributed by atoms with Gasteiger partial charge in [0.25, 0.3) is 0 Å². The van der Waals surface area contributed by atoms with Crippen LogP contribution in [0.3, 0.4) is 0 Å². The number of rotatable bonds is 6. The molecule has 2 rings (SSSR count). The Hall–Kier alpha value is -1.92. The molecule has 0 aliphatic carbocycles. The molecule has 0 saturated carbocycles. The van der Waals surface area contributed by atoms with Crippen LogP contribution in [0.15, 0.2) is 59.6 Å². The van der Waals surface area contributed by atoms with Crippen LogP contribution in [0.4, 0.5) is 13.2 Å². The lowest BCUT2D eigenvalue weighted by Gasteiger charge is -2.21. The molecule has 134 valence electrons. The Labute approximate surface area is 147 Å². The zero-order valence-corrected chi connectivity index (χ0v) is 15.5. The van der Waals surface area contributed by atoms with E-state index in [1.807, 2.05) is 30.3 Å². The molecule has 0 aromatic heterocycles. The fourth-order valence-electron chi connectivity index (χ4n) is 2.16. The van der Waals surface area contributed by atoms with Crippen molar-refractivity contribution in [3.63, 3.8) is 0 Å². The Morgan fingerprint density at radius 1 is 1.00 bits per heavy atom. The van der Waals surface area contributed by atoms with Crippen molar-refractivity contribution in [2.75, 3.05) is 6.61 Å². The van der Waals surface area contributed by atoms with Crippen molar-refractivity contribution < 1.29 is 17.6 Å². The molecule has 2 nitrogen and oxygen atoms in total. The Morgan fingerprint density at radius 3 is 2.12 bits per heavy atom. The van der Waals surface area contributed by atoms with Crippen molar-refractivity contribution >= 4 is 14.5 Å². The first-order chi connectivity index (χ1) is 11.6. The molecule has 0 radical (unpaired) electrons. The predicted octanol–water partition coefficient (Wildman–Crippen LogP) is 5.72. The summed E-state index contributed by atoms with van der Waals surface area (Å²) >= 11 is 0. The summed E-state index contributed by atoms with van der Waals surface area (Å²) in [5.74, 6) is 0. The molecule has 0 aliphatic heterocycles. The first-order valence-electron chi connectivity index (χ1n) is 8.04. The van der Waals surface area contributed by atoms with Gasteiger partial charge in [0.1, 0.15) is 0 Å². The molecule has 2 aromatic carbocycles. The molecular formula is C19H22F3NOSi. The SMILES string of the molecule is C[Si](C)(C)OC[C@@H](N=Cc1ccc(C(F)(F)F)cc1)c1ccccc1. The predicted molar refractivity (Wildman–Crippen MR) is 97.5 cm³/mol. The van der Waals surface area contributed by atoms with Crippen molar-refractivity contribution in [2.24, 2.45) is 4.99 Å². The Balaban J connectivity index is 2.16. The topological polar surface area (TPSA) is 21.6 Å². The summed E-state index contributed by atoms with van der Waals surface area (Å²) in [6, 6.07) is 14.5. The number of hydrogen-bond acceptors (Lipinski definition) is 2. The highest BCUT2D eigenvalue weighted by Crippen LogP contribution is 2.29. The molecule has 0 unspecified atom stereocenters. The van der Waals surface area contributed by atoms with Crippen molar-refractivity contribution in [2.45, 2.75) is 31.9 Å². The second-order valence-electron chi connectivity index (χ2n) is 6.75. The van der Waals surface area contributed by atoms with Gasteiger partial charge in [0.2, 0.25) is 0 Å². The van der Waals surface area contributed by atoms with Crippen molar-refractivity contribution in [3.05, 3.63) is 71.3 Å². The molecule has 0 aliphatic rings. The van der Waals surface area contributed by atoms with E-state index in [9.17, 15) is 13.2 Å². The molecule has 6 heteroatoms. The molecule has 2 aromatic rings. The smallest absolute Gasteiger partial charge is 0.415 e. The van der Waals surface area contributed by atoms with Crippen LogP contribution in [0.1, 0.15) is 22.7 Å². The molecule has 0 bridgehead atoms. The van der Waals surface area contributed by atoms with Gasteiger partial charge >= 0.3 is 6.18 Å². The van der Waals surface area contributed by atoms with Gasteiger partial charge in [-0.2, -0.15) is 13.2 Å². The molecule has 0 heterocycles. The van der Waals surface area contributed by atoms with Gasteiger partial charge in [0.05, 0.1) is 18.2 Å². The Morgan fingerprint density at radius 2 is 1.60 bits per heavy atom. The Kier molecular flexibility index (Phi) is 6.19. The van der Waals surface area contributed by atoms with Crippen LogP contribution in [0, 0.1) is 0 Å². The highest BCUT2D eigenvalue weighted by atomic mass is 28.4. The molecule has 0 fully saturated rings. The van der Waals surface area contributed by atoms with E-state index >= 15 is 0 Å². The minimum Gasteiger partial charge on any atom is -0.415 e. The third-order valence-electron chi connectivity index (χ3n) is 3.50. The number of halogens is 3. The quantitative estimate of drug-likeness (QED) is 0.474. The van der Waals surface area contributed by atoms with Crippen LogP contribution in [-0.4, -0.2) is 21.1 Å². The maximum atomic E-state index is 12.6. The van der Waals surface area contributed by atoms with Crippen molar-refractivity contribution in [3.8, 4) is 0 Å². The van der Waals surface area contributed by atoms with Crippen LogP contribution in [0.25, 0.3) is 0 Å². The summed E-state index contributed by atoms with van der Waals surface area (Å²) in [6.07, 6.45) is -2.72. The molecule has 1 atom stereocenters. The van der Waals surface area contributed by atoms with E-state index in [1.54, 1.807) is 6.21 Å². The van der Waals surface area contributed by atoms with Gasteiger partial charge in [-0.15, -0.1) is 0 Å². The first-order valence-corrected chi connectivity index (χ1v) is 11.5. The lowest BCUT2D eigenvalue weighted by molar-refractivity contribution is -0.137. The molecular weight excluding hydrogens is 343 g/mol. The summed E-state index contributed by atoms with van der Waals surface area (Å²) in [5.41, 5.74) is 0.983. The first kappa shape index (κ1) is 19.4. The number of alkyl halides is 3. The maximum Gasteiger partial charge on any atom is 0.416 e. The normalized spacial score (nSPS) is 14.0. The second kappa shape index (κ2) is 7.97. The van der Waals surface area contributed by atoms with Crippen molar-refractivity contribution in [1.29, 1.82) is 0 Å². The van der Waals surface area contributed by atoms with Crippen LogP contribution < -0.4 is 0 Å². The lowest BCUT2D eigenvalue weighted by Crippen LogP contribution is -2.27. The van der Waals surface area contributed by atoms with E-state index in [2.05, 4.69) is 24.6 Å². The minimum absolute atomic E-state index is 0.185. The summed E-state index contributed by atoms with van der Waals surface area (Å²) in [6.45, 7) is 6.77. The molecule has 0 saturated heterocycles. The van der Waals surface area contributed by atoms with E-state index < -0.39 is 20.1 Å². The maximum absolute atomic E-state index is 12.6. The standard InChI is InChI=1S/C19H22F3NOSi/c1-25(2,3)24-14-18(16-7-5-4-6-8-16)23-13-15-9-11-17(12-10-15)19(20,21)22/h4-13,18H,14H2,1-3H3/t18-/m1/s1. The van der Waals surface area contributed by atoms with Crippen LogP contribution in [-0.2, 0) is 10.6 Å². The van der Waals surface area contributed by atoms with Crippen LogP contribution in [0.2, 0.25) is 19.6 Å². The number of nitrogens with zero attached hydrogens (tertiary/aromatic N) is 1. The summed E-state index contributed by atoms with van der Waals surface area (Å²) in [5, 5.41) is 0. The fourth-order valence-corrected chi connectivity index (χ4v) is 2.82. The van der Waals surface area contributed by atoms with E-state index in [0.29, 0.717) is 12.2 Å². The summed E-state index contributed by atoms with van der Waals surface area (Å²) < 4.78 is 43.8. The molecule has 25 heavy (non-hydrogen) atoms. The van der Waals surface area contributed by atoms with E-state index in [-0.39, 0.29) is 6.04 Å². The number of benzene rings is 2. The van der Waals surface area contributed by atoms with Gasteiger partial charge in [-0.05, 0) is 42.9 Å². The molecule has 0 spiro atoms. The van der Waals surface area contributed by atoms with Gasteiger partial charge in [0.15, 0.2) is 8.32 Å². The van der Waals surface area contributed by atoms with Crippen molar-refractivity contribution in [1.82, 2.24) is 0 Å². The summed E-state index contributed by atoms with van der Waals surface area (Å²) in [7, 11) is -1.69. The Bertz CT molecular complexity index is 691. The third-order valence-corrected chi connectivity index (χ3v) is 4.53. The average molecular weight is 365 g/mol. The molecule has 0 amide bonds. The average Bonchev–Trinajstić information content (AvgIpc) is 2.54. The summed E-state index contributed by atoms with van der Waals surface area (Å²) in [4.78, 5) is 4.55. The van der Waals surface area contributed by atoms with Crippen LogP contribution in [0.5, 0.6) is 0 Å². The van der Waals surface area contributed by atoms with E-state index in [0.717, 1.165) is 17.7 Å². The number of aliphatic imine (C=N–C) groups is 1. The minimum atomic E-state index is -4.33. The van der Waals surface area contributed by atoms with Crippen LogP contribution >= 0.6 is 0 Å². The van der Waals surface area contributed by atoms with Gasteiger partial charge in [-0.3, -0.25) is 4.99 Å². The largest absolute Gasteiger partial charge is 0.416 e. The van der Waals surface area contributed by atoms with E-state index in [1.165, 1.54) is 12.1 Å². The zero-order valence-electron chi connectivity index (χ0n) is 14.5.